The van der Waals surface area contributed by atoms with E-state index in [2.05, 4.69) is 15.5 Å². The van der Waals surface area contributed by atoms with Gasteiger partial charge in [0.2, 0.25) is 5.43 Å². The Hall–Kier alpha value is -2.22. The summed E-state index contributed by atoms with van der Waals surface area (Å²) in [5.41, 5.74) is -0.819. The Kier molecular flexibility index (Phi) is 3.97. The lowest BCUT2D eigenvalue weighted by molar-refractivity contribution is 0.284. The molecule has 0 fully saturated rings. The standard InChI is InChI=1S/C6H5N3O4.H2O/c10-6-4(8-12)2-1-3(7-11)5(6)9-13;/h1-2,11-13H;1H2. The van der Waals surface area contributed by atoms with Crippen LogP contribution in [-0.4, -0.2) is 21.1 Å². The van der Waals surface area contributed by atoms with Gasteiger partial charge >= 0.3 is 0 Å². The van der Waals surface area contributed by atoms with E-state index in [-0.39, 0.29) is 16.2 Å². The molecular weight excluding hydrogens is 194 g/mol. The molecule has 14 heavy (non-hydrogen) atoms. The van der Waals surface area contributed by atoms with Gasteiger partial charge < -0.3 is 21.1 Å². The van der Waals surface area contributed by atoms with Crippen molar-refractivity contribution < 1.29 is 21.1 Å². The van der Waals surface area contributed by atoms with Gasteiger partial charge in [-0.2, -0.15) is 0 Å². The highest BCUT2D eigenvalue weighted by molar-refractivity contribution is 5.00. The Morgan fingerprint density at radius 1 is 0.929 bits per heavy atom. The SMILES string of the molecule is O.O=c1c(=NO)ccc(=NO)c1=NO. The lowest BCUT2D eigenvalue weighted by Crippen LogP contribution is -2.47. The predicted octanol–water partition coefficient (Wildman–Crippen LogP) is -3.03. The molecule has 8 heteroatoms. The van der Waals surface area contributed by atoms with Crippen molar-refractivity contribution in [3.63, 3.8) is 0 Å². The summed E-state index contributed by atoms with van der Waals surface area (Å²) in [5, 5.41) is 32.1. The molecule has 0 aromatic heterocycles. The Bertz CT molecular complexity index is 526. The molecule has 0 amide bonds. The quantitative estimate of drug-likeness (QED) is 0.302. The summed E-state index contributed by atoms with van der Waals surface area (Å²) in [7, 11) is 0. The summed E-state index contributed by atoms with van der Waals surface area (Å²) < 4.78 is 0. The second-order valence-corrected chi connectivity index (χ2v) is 2.08. The number of hydrogen-bond donors (Lipinski definition) is 3. The van der Waals surface area contributed by atoms with E-state index in [1.807, 2.05) is 0 Å². The summed E-state index contributed by atoms with van der Waals surface area (Å²) in [4.78, 5) is 11.1. The molecule has 0 radical (unpaired) electrons. The zero-order chi connectivity index (χ0) is 9.84. The van der Waals surface area contributed by atoms with E-state index in [1.54, 1.807) is 0 Å². The van der Waals surface area contributed by atoms with Crippen molar-refractivity contribution in [1.29, 1.82) is 0 Å². The number of nitrogens with zero attached hydrogens (tertiary/aromatic N) is 3. The van der Waals surface area contributed by atoms with Crippen LogP contribution in [0.1, 0.15) is 0 Å². The largest absolute Gasteiger partial charge is 0.412 e. The van der Waals surface area contributed by atoms with Crippen LogP contribution in [0.5, 0.6) is 0 Å². The molecule has 0 aliphatic carbocycles. The first-order valence-electron chi connectivity index (χ1n) is 3.14. The fourth-order valence-electron chi connectivity index (χ4n) is 0.806. The highest BCUT2D eigenvalue weighted by atomic mass is 16.4. The minimum Gasteiger partial charge on any atom is -0.412 e. The maximum atomic E-state index is 11.1. The topological polar surface area (TPSA) is 146 Å². The van der Waals surface area contributed by atoms with Crippen molar-refractivity contribution in [1.82, 2.24) is 0 Å². The van der Waals surface area contributed by atoms with Crippen molar-refractivity contribution in [3.05, 3.63) is 38.4 Å². The first kappa shape index (κ1) is 11.8. The van der Waals surface area contributed by atoms with E-state index in [4.69, 9.17) is 15.6 Å². The second kappa shape index (κ2) is 4.72. The highest BCUT2D eigenvalue weighted by Crippen LogP contribution is 1.56. The fraction of sp³-hybridized carbons (Fsp3) is 0. The number of hydrogen-bond acceptors (Lipinski definition) is 7. The van der Waals surface area contributed by atoms with Crippen LogP contribution in [-0.2, 0) is 0 Å². The van der Waals surface area contributed by atoms with Gasteiger partial charge in [0.1, 0.15) is 5.36 Å². The van der Waals surface area contributed by atoms with Gasteiger partial charge in [-0.05, 0) is 12.1 Å². The van der Waals surface area contributed by atoms with Crippen LogP contribution >= 0.6 is 0 Å². The average molecular weight is 201 g/mol. The molecule has 8 nitrogen and oxygen atoms in total. The van der Waals surface area contributed by atoms with Crippen molar-refractivity contribution >= 4 is 0 Å². The molecular formula is C6H7N3O5. The molecule has 0 aliphatic rings. The van der Waals surface area contributed by atoms with E-state index >= 15 is 0 Å². The van der Waals surface area contributed by atoms with E-state index < -0.39 is 10.8 Å². The second-order valence-electron chi connectivity index (χ2n) is 2.08. The van der Waals surface area contributed by atoms with Crippen LogP contribution in [0.25, 0.3) is 0 Å². The van der Waals surface area contributed by atoms with E-state index in [0.717, 1.165) is 6.07 Å². The summed E-state index contributed by atoms with van der Waals surface area (Å²) in [6, 6.07) is 2.30. The van der Waals surface area contributed by atoms with Crippen molar-refractivity contribution in [3.8, 4) is 0 Å². The normalized spacial score (nSPS) is 14.1. The van der Waals surface area contributed by atoms with Gasteiger partial charge in [-0.3, -0.25) is 4.79 Å². The van der Waals surface area contributed by atoms with Crippen LogP contribution in [0.2, 0.25) is 0 Å². The van der Waals surface area contributed by atoms with E-state index in [9.17, 15) is 4.79 Å². The predicted molar refractivity (Wildman–Crippen MR) is 40.7 cm³/mol. The summed E-state index contributed by atoms with van der Waals surface area (Å²) in [6.45, 7) is 0. The lowest BCUT2D eigenvalue weighted by atomic mass is 10.3. The van der Waals surface area contributed by atoms with Gasteiger partial charge in [0.05, 0.1) is 0 Å². The van der Waals surface area contributed by atoms with Crippen LogP contribution in [0.3, 0.4) is 0 Å². The third-order valence-corrected chi connectivity index (χ3v) is 1.40. The molecule has 0 spiro atoms. The highest BCUT2D eigenvalue weighted by Gasteiger charge is 1.98. The third-order valence-electron chi connectivity index (χ3n) is 1.40. The van der Waals surface area contributed by atoms with Crippen LogP contribution in [0, 0.1) is 0 Å². The summed E-state index contributed by atoms with van der Waals surface area (Å²) in [5.74, 6) is 0. The van der Waals surface area contributed by atoms with Gasteiger partial charge in [-0.15, -0.1) is 0 Å². The van der Waals surface area contributed by atoms with Gasteiger partial charge in [0.25, 0.3) is 0 Å². The Balaban J connectivity index is 0.00000169. The van der Waals surface area contributed by atoms with Crippen LogP contribution in [0.15, 0.2) is 32.4 Å². The first-order chi connectivity index (χ1) is 6.24. The van der Waals surface area contributed by atoms with Gasteiger partial charge in [0.15, 0.2) is 10.7 Å². The molecule has 0 atom stereocenters. The lowest BCUT2D eigenvalue weighted by Gasteiger charge is -1.83. The molecule has 0 heterocycles. The molecule has 1 rings (SSSR count). The molecule has 0 saturated carbocycles. The zero-order valence-electron chi connectivity index (χ0n) is 6.75. The minimum atomic E-state index is -0.819. The van der Waals surface area contributed by atoms with Gasteiger partial charge in [0, 0.05) is 0 Å². The van der Waals surface area contributed by atoms with Crippen LogP contribution < -0.4 is 21.5 Å². The monoisotopic (exact) mass is 201 g/mol. The van der Waals surface area contributed by atoms with Gasteiger partial charge in [-0.1, -0.05) is 15.5 Å². The zero-order valence-corrected chi connectivity index (χ0v) is 6.75. The third kappa shape index (κ3) is 1.75. The van der Waals surface area contributed by atoms with Crippen molar-refractivity contribution in [2.24, 2.45) is 15.5 Å². The molecule has 1 aromatic rings. The van der Waals surface area contributed by atoms with Crippen molar-refractivity contribution in [2.45, 2.75) is 0 Å². The molecule has 76 valence electrons. The maximum absolute atomic E-state index is 11.1. The maximum Gasteiger partial charge on any atom is 0.238 e. The molecule has 0 saturated heterocycles. The average Bonchev–Trinajstić information content (AvgIpc) is 2.17. The molecule has 0 aliphatic heterocycles. The van der Waals surface area contributed by atoms with Crippen LogP contribution in [0.4, 0.5) is 0 Å². The first-order valence-corrected chi connectivity index (χ1v) is 3.14. The smallest absolute Gasteiger partial charge is 0.238 e. The Morgan fingerprint density at radius 2 is 1.43 bits per heavy atom. The summed E-state index contributed by atoms with van der Waals surface area (Å²) >= 11 is 0. The van der Waals surface area contributed by atoms with E-state index in [0.29, 0.717) is 0 Å². The molecule has 5 N–H and O–H groups in total. The number of rotatable bonds is 0. The van der Waals surface area contributed by atoms with Crippen molar-refractivity contribution in [2.75, 3.05) is 0 Å². The molecule has 0 unspecified atom stereocenters. The summed E-state index contributed by atoms with van der Waals surface area (Å²) in [6.07, 6.45) is 0. The fourth-order valence-corrected chi connectivity index (χ4v) is 0.806. The Morgan fingerprint density at radius 3 is 1.86 bits per heavy atom. The molecule has 1 aromatic carbocycles. The minimum absolute atomic E-state index is 0. The van der Waals surface area contributed by atoms with E-state index in [1.165, 1.54) is 6.07 Å². The van der Waals surface area contributed by atoms with Gasteiger partial charge in [-0.25, -0.2) is 0 Å². The Labute approximate surface area is 76.0 Å². The molecule has 0 bridgehead atoms. The number of benzene rings is 1.